The van der Waals surface area contributed by atoms with Crippen molar-refractivity contribution in [1.29, 1.82) is 0 Å². The van der Waals surface area contributed by atoms with Gasteiger partial charge in [-0.2, -0.15) is 5.10 Å². The molecule has 2 heterocycles. The number of rotatable bonds is 6. The first-order valence-corrected chi connectivity index (χ1v) is 6.53. The molecule has 98 valence electrons. The Kier molecular flexibility index (Phi) is 4.44. The molecular weight excluding hydrogens is 250 g/mol. The summed E-state index contributed by atoms with van der Waals surface area (Å²) in [5.74, 6) is 1.90. The fourth-order valence-corrected chi connectivity index (χ4v) is 1.96. The average molecular weight is 268 g/mol. The molecule has 0 aliphatic carbocycles. The van der Waals surface area contributed by atoms with Crippen molar-refractivity contribution >= 4 is 11.6 Å². The second kappa shape index (κ2) is 6.07. The van der Waals surface area contributed by atoms with E-state index in [0.717, 1.165) is 31.0 Å². The normalized spacial score (nSPS) is 11.1. The van der Waals surface area contributed by atoms with Gasteiger partial charge in [-0.15, -0.1) is 0 Å². The highest BCUT2D eigenvalue weighted by molar-refractivity contribution is 6.30. The first-order valence-electron chi connectivity index (χ1n) is 6.16. The number of nitrogens with zero attached hydrogens (tertiary/aromatic N) is 2. The maximum absolute atomic E-state index is 5.82. The number of halogens is 1. The molecule has 5 heteroatoms. The van der Waals surface area contributed by atoms with Gasteiger partial charge in [0.05, 0.1) is 24.3 Å². The molecule has 0 aromatic carbocycles. The van der Waals surface area contributed by atoms with E-state index in [4.69, 9.17) is 16.0 Å². The zero-order chi connectivity index (χ0) is 13.0. The zero-order valence-corrected chi connectivity index (χ0v) is 11.5. The van der Waals surface area contributed by atoms with Gasteiger partial charge in [-0.3, -0.25) is 4.68 Å². The zero-order valence-electron chi connectivity index (χ0n) is 10.7. The fourth-order valence-electron chi connectivity index (χ4n) is 1.81. The van der Waals surface area contributed by atoms with Crippen LogP contribution in [-0.2, 0) is 13.1 Å². The summed E-state index contributed by atoms with van der Waals surface area (Å²) < 4.78 is 7.58. The molecule has 0 radical (unpaired) electrons. The number of nitrogens with one attached hydrogen (secondary N) is 1. The van der Waals surface area contributed by atoms with Gasteiger partial charge in [0.1, 0.15) is 11.5 Å². The van der Waals surface area contributed by atoms with Crippen LogP contribution in [0, 0.1) is 6.92 Å². The van der Waals surface area contributed by atoms with E-state index >= 15 is 0 Å². The van der Waals surface area contributed by atoms with Crippen molar-refractivity contribution in [2.45, 2.75) is 33.4 Å². The van der Waals surface area contributed by atoms with Crippen LogP contribution in [0.1, 0.15) is 30.4 Å². The van der Waals surface area contributed by atoms with Gasteiger partial charge in [-0.05, 0) is 31.5 Å². The van der Waals surface area contributed by atoms with Crippen LogP contribution >= 0.6 is 11.6 Å². The molecule has 2 aromatic rings. The Morgan fingerprint density at radius 3 is 3.00 bits per heavy atom. The molecule has 0 saturated heterocycles. The number of hydrogen-bond acceptors (Lipinski definition) is 3. The van der Waals surface area contributed by atoms with E-state index < -0.39 is 0 Å². The lowest BCUT2D eigenvalue weighted by Crippen LogP contribution is -2.13. The van der Waals surface area contributed by atoms with E-state index in [1.807, 2.05) is 0 Å². The summed E-state index contributed by atoms with van der Waals surface area (Å²) in [5.41, 5.74) is 1.17. The predicted octanol–water partition coefficient (Wildman–Crippen LogP) is 2.99. The lowest BCUT2D eigenvalue weighted by molar-refractivity contribution is 0.429. The van der Waals surface area contributed by atoms with Crippen LogP contribution in [0.2, 0.25) is 5.02 Å². The van der Waals surface area contributed by atoms with E-state index in [0.29, 0.717) is 11.6 Å². The summed E-state index contributed by atoms with van der Waals surface area (Å²) in [5, 5.41) is 8.11. The van der Waals surface area contributed by atoms with E-state index in [1.54, 1.807) is 17.1 Å². The van der Waals surface area contributed by atoms with Crippen LogP contribution in [-0.4, -0.2) is 16.3 Å². The van der Waals surface area contributed by atoms with Gasteiger partial charge in [0, 0.05) is 6.20 Å². The van der Waals surface area contributed by atoms with Crippen LogP contribution in [0.5, 0.6) is 0 Å². The van der Waals surface area contributed by atoms with Gasteiger partial charge in [0.2, 0.25) is 0 Å². The van der Waals surface area contributed by atoms with Crippen molar-refractivity contribution in [2.75, 3.05) is 6.54 Å². The molecular formula is C13H18ClN3O. The van der Waals surface area contributed by atoms with Crippen molar-refractivity contribution in [3.63, 3.8) is 0 Å². The van der Waals surface area contributed by atoms with Crippen LogP contribution in [0.4, 0.5) is 0 Å². The second-order valence-electron chi connectivity index (χ2n) is 4.35. The summed E-state index contributed by atoms with van der Waals surface area (Å²) in [4.78, 5) is 0. The lowest BCUT2D eigenvalue weighted by atomic mass is 10.2. The Morgan fingerprint density at radius 2 is 2.33 bits per heavy atom. The van der Waals surface area contributed by atoms with Crippen molar-refractivity contribution in [1.82, 2.24) is 15.1 Å². The summed E-state index contributed by atoms with van der Waals surface area (Å²) in [6.07, 6.45) is 4.54. The molecule has 0 saturated carbocycles. The highest BCUT2D eigenvalue weighted by Crippen LogP contribution is 2.16. The van der Waals surface area contributed by atoms with E-state index in [-0.39, 0.29) is 0 Å². The molecule has 0 aliphatic heterocycles. The number of aromatic nitrogens is 2. The van der Waals surface area contributed by atoms with Crippen LogP contribution in [0.3, 0.4) is 0 Å². The van der Waals surface area contributed by atoms with Crippen molar-refractivity contribution in [3.05, 3.63) is 40.6 Å². The summed E-state index contributed by atoms with van der Waals surface area (Å²) in [6, 6.07) is 2.05. The van der Waals surface area contributed by atoms with Crippen LogP contribution in [0.15, 0.2) is 22.9 Å². The Bertz CT molecular complexity index is 504. The van der Waals surface area contributed by atoms with Crippen LogP contribution in [0.25, 0.3) is 0 Å². The highest BCUT2D eigenvalue weighted by Gasteiger charge is 2.08. The second-order valence-corrected chi connectivity index (χ2v) is 4.79. The number of hydrogen-bond donors (Lipinski definition) is 1. The number of aryl methyl sites for hydroxylation is 1. The molecule has 0 aliphatic rings. The van der Waals surface area contributed by atoms with Gasteiger partial charge in [-0.1, -0.05) is 18.5 Å². The average Bonchev–Trinajstić information content (AvgIpc) is 2.87. The molecule has 2 rings (SSSR count). The molecule has 0 fully saturated rings. The third kappa shape index (κ3) is 3.37. The minimum Gasteiger partial charge on any atom is -0.462 e. The Hall–Kier alpha value is -1.26. The minimum absolute atomic E-state index is 0.612. The van der Waals surface area contributed by atoms with Crippen molar-refractivity contribution in [2.24, 2.45) is 0 Å². The Morgan fingerprint density at radius 1 is 1.50 bits per heavy atom. The smallest absolute Gasteiger partial charge is 0.126 e. The Balaban J connectivity index is 1.99. The molecule has 2 aromatic heterocycles. The molecule has 0 spiro atoms. The molecule has 0 bridgehead atoms. The molecule has 0 atom stereocenters. The van der Waals surface area contributed by atoms with Crippen molar-refractivity contribution in [3.8, 4) is 0 Å². The molecule has 18 heavy (non-hydrogen) atoms. The van der Waals surface area contributed by atoms with Gasteiger partial charge >= 0.3 is 0 Å². The standard InChI is InChI=1S/C13H18ClN3O/c1-3-4-15-7-13-10(2)5-12(18-13)9-17-8-11(14)6-16-17/h5-6,8,15H,3-4,7,9H2,1-2H3. The van der Waals surface area contributed by atoms with Gasteiger partial charge in [-0.25, -0.2) is 0 Å². The molecule has 1 N–H and O–H groups in total. The first-order chi connectivity index (χ1) is 8.69. The van der Waals surface area contributed by atoms with Gasteiger partial charge in [0.25, 0.3) is 0 Å². The predicted molar refractivity (Wildman–Crippen MR) is 71.8 cm³/mol. The third-order valence-corrected chi connectivity index (χ3v) is 2.90. The maximum Gasteiger partial charge on any atom is 0.126 e. The van der Waals surface area contributed by atoms with Gasteiger partial charge < -0.3 is 9.73 Å². The van der Waals surface area contributed by atoms with E-state index in [9.17, 15) is 0 Å². The summed E-state index contributed by atoms with van der Waals surface area (Å²) >= 11 is 5.82. The monoisotopic (exact) mass is 267 g/mol. The SMILES string of the molecule is CCCNCc1oc(Cn2cc(Cl)cn2)cc1C. The van der Waals surface area contributed by atoms with Gasteiger partial charge in [0.15, 0.2) is 0 Å². The molecule has 4 nitrogen and oxygen atoms in total. The fraction of sp³-hybridized carbons (Fsp3) is 0.462. The first kappa shape index (κ1) is 13.2. The maximum atomic E-state index is 5.82. The van der Waals surface area contributed by atoms with Crippen molar-refractivity contribution < 1.29 is 4.42 Å². The number of furan rings is 1. The summed E-state index contributed by atoms with van der Waals surface area (Å²) in [7, 11) is 0. The topological polar surface area (TPSA) is 43.0 Å². The van der Waals surface area contributed by atoms with E-state index in [2.05, 4.69) is 30.3 Å². The Labute approximate surface area is 112 Å². The molecule has 0 amide bonds. The largest absolute Gasteiger partial charge is 0.462 e. The van der Waals surface area contributed by atoms with Crippen LogP contribution < -0.4 is 5.32 Å². The lowest BCUT2D eigenvalue weighted by Gasteiger charge is -2.01. The third-order valence-electron chi connectivity index (χ3n) is 2.70. The quantitative estimate of drug-likeness (QED) is 0.819. The highest BCUT2D eigenvalue weighted by atomic mass is 35.5. The molecule has 0 unspecified atom stereocenters. The van der Waals surface area contributed by atoms with E-state index in [1.165, 1.54) is 5.56 Å². The summed E-state index contributed by atoms with van der Waals surface area (Å²) in [6.45, 7) is 6.60. The minimum atomic E-state index is 0.612.